The highest BCUT2D eigenvalue weighted by Crippen LogP contribution is 2.18. The van der Waals surface area contributed by atoms with Crippen molar-refractivity contribution in [2.45, 2.75) is 13.8 Å². The van der Waals surface area contributed by atoms with Crippen molar-refractivity contribution in [1.29, 1.82) is 0 Å². The maximum absolute atomic E-state index is 12.1. The smallest absolute Gasteiger partial charge is 0.256 e. The number of amides is 1. The highest BCUT2D eigenvalue weighted by Gasteiger charge is 2.07. The van der Waals surface area contributed by atoms with Crippen LogP contribution in [-0.2, 0) is 0 Å². The summed E-state index contributed by atoms with van der Waals surface area (Å²) in [6.07, 6.45) is 1.68. The van der Waals surface area contributed by atoms with E-state index in [0.29, 0.717) is 11.4 Å². The summed E-state index contributed by atoms with van der Waals surface area (Å²) >= 11 is 3.38. The van der Waals surface area contributed by atoms with Crippen LogP contribution < -0.4 is 10.6 Å². The molecule has 0 fully saturated rings. The Morgan fingerprint density at radius 1 is 1.30 bits per heavy atom. The fourth-order valence-corrected chi connectivity index (χ4v) is 1.96. The number of hydrogen-bond acceptors (Lipinski definition) is 3. The third-order valence-electron chi connectivity index (χ3n) is 2.82. The molecule has 0 atom stereocenters. The first-order valence-electron chi connectivity index (χ1n) is 6.37. The van der Waals surface area contributed by atoms with Crippen molar-refractivity contribution in [2.24, 2.45) is 0 Å². The van der Waals surface area contributed by atoms with E-state index in [9.17, 15) is 4.79 Å². The molecule has 1 aromatic carbocycles. The molecular weight excluding hydrogens is 318 g/mol. The number of nitrogens with one attached hydrogen (secondary N) is 2. The average molecular weight is 334 g/mol. The molecule has 0 aliphatic rings. The van der Waals surface area contributed by atoms with E-state index < -0.39 is 0 Å². The van der Waals surface area contributed by atoms with Gasteiger partial charge >= 0.3 is 0 Å². The number of aryl methyl sites for hydroxylation is 1. The quantitative estimate of drug-likeness (QED) is 0.893. The second kappa shape index (κ2) is 6.52. The van der Waals surface area contributed by atoms with E-state index in [1.165, 1.54) is 0 Å². The maximum Gasteiger partial charge on any atom is 0.256 e. The first-order valence-corrected chi connectivity index (χ1v) is 7.17. The molecule has 0 saturated carbocycles. The highest BCUT2D eigenvalue weighted by molar-refractivity contribution is 9.10. The molecule has 20 heavy (non-hydrogen) atoms. The van der Waals surface area contributed by atoms with Crippen molar-refractivity contribution < 1.29 is 4.79 Å². The van der Waals surface area contributed by atoms with E-state index in [0.717, 1.165) is 22.3 Å². The third kappa shape index (κ3) is 3.57. The largest absolute Gasteiger partial charge is 0.385 e. The van der Waals surface area contributed by atoms with Crippen LogP contribution in [0.1, 0.15) is 22.8 Å². The highest BCUT2D eigenvalue weighted by atomic mass is 79.9. The van der Waals surface area contributed by atoms with Gasteiger partial charge in [-0.15, -0.1) is 0 Å². The Labute approximate surface area is 126 Å². The Balaban J connectivity index is 2.09. The van der Waals surface area contributed by atoms with Gasteiger partial charge in [-0.25, -0.2) is 4.98 Å². The molecule has 2 N–H and O–H groups in total. The summed E-state index contributed by atoms with van der Waals surface area (Å²) in [4.78, 5) is 16.3. The second-order valence-electron chi connectivity index (χ2n) is 4.38. The van der Waals surface area contributed by atoms with Gasteiger partial charge in [0.25, 0.3) is 5.91 Å². The number of nitrogens with zero attached hydrogens (tertiary/aromatic N) is 1. The summed E-state index contributed by atoms with van der Waals surface area (Å²) in [6.45, 7) is 4.84. The Morgan fingerprint density at radius 2 is 2.00 bits per heavy atom. The molecule has 2 rings (SSSR count). The summed E-state index contributed by atoms with van der Waals surface area (Å²) in [5.41, 5.74) is 2.63. The number of carbonyl (C=O) groups is 1. The van der Waals surface area contributed by atoms with E-state index in [-0.39, 0.29) is 5.91 Å². The maximum atomic E-state index is 12.1. The minimum absolute atomic E-state index is 0.165. The van der Waals surface area contributed by atoms with E-state index >= 15 is 0 Å². The molecule has 0 bridgehead atoms. The fraction of sp³-hybridized carbons (Fsp3) is 0.200. The van der Waals surface area contributed by atoms with Crippen LogP contribution in [0, 0.1) is 6.92 Å². The summed E-state index contributed by atoms with van der Waals surface area (Å²) in [5, 5.41) is 5.97. The fourth-order valence-electron chi connectivity index (χ4n) is 1.74. The minimum atomic E-state index is -0.165. The lowest BCUT2D eigenvalue weighted by molar-refractivity contribution is 0.102. The average Bonchev–Trinajstić information content (AvgIpc) is 2.44. The van der Waals surface area contributed by atoms with Gasteiger partial charge in [0, 0.05) is 28.5 Å². The molecule has 0 unspecified atom stereocenters. The third-order valence-corrected chi connectivity index (χ3v) is 3.65. The van der Waals surface area contributed by atoms with E-state index in [1.54, 1.807) is 18.3 Å². The number of rotatable bonds is 4. The Hall–Kier alpha value is -1.88. The van der Waals surface area contributed by atoms with Gasteiger partial charge in [0.1, 0.15) is 5.82 Å². The number of anilines is 2. The Kier molecular flexibility index (Phi) is 4.74. The van der Waals surface area contributed by atoms with Crippen LogP contribution in [0.5, 0.6) is 0 Å². The van der Waals surface area contributed by atoms with Crippen molar-refractivity contribution in [1.82, 2.24) is 4.98 Å². The molecule has 0 aliphatic carbocycles. The Bertz CT molecular complexity index is 611. The van der Waals surface area contributed by atoms with Crippen molar-refractivity contribution in [2.75, 3.05) is 17.2 Å². The van der Waals surface area contributed by atoms with E-state index in [1.807, 2.05) is 32.0 Å². The standard InChI is InChI=1S/C15H16BrN3O/c1-3-17-12-6-4-11(5-7-12)15(20)19-14-8-10(2)13(16)9-18-14/h4-9,17H,3H2,1-2H3,(H,18,19,20). The molecular formula is C15H16BrN3O. The Morgan fingerprint density at radius 3 is 2.60 bits per heavy atom. The van der Waals surface area contributed by atoms with Crippen LogP contribution in [0.15, 0.2) is 41.0 Å². The molecule has 0 saturated heterocycles. The molecule has 104 valence electrons. The zero-order chi connectivity index (χ0) is 14.5. The summed E-state index contributed by atoms with van der Waals surface area (Å²) in [7, 11) is 0. The van der Waals surface area contributed by atoms with Gasteiger partial charge in [0.15, 0.2) is 0 Å². The lowest BCUT2D eigenvalue weighted by Crippen LogP contribution is -2.13. The predicted octanol–water partition coefficient (Wildman–Crippen LogP) is 3.84. The second-order valence-corrected chi connectivity index (χ2v) is 5.23. The minimum Gasteiger partial charge on any atom is -0.385 e. The summed E-state index contributed by atoms with van der Waals surface area (Å²) < 4.78 is 0.922. The molecule has 4 nitrogen and oxygen atoms in total. The monoisotopic (exact) mass is 333 g/mol. The van der Waals surface area contributed by atoms with Gasteiger partial charge in [0.2, 0.25) is 0 Å². The number of pyridine rings is 1. The normalized spacial score (nSPS) is 10.2. The van der Waals surface area contributed by atoms with Crippen molar-refractivity contribution in [3.63, 3.8) is 0 Å². The van der Waals surface area contributed by atoms with E-state index in [2.05, 4.69) is 31.5 Å². The van der Waals surface area contributed by atoms with Gasteiger partial charge in [-0.2, -0.15) is 0 Å². The first-order chi connectivity index (χ1) is 9.60. The molecule has 0 aliphatic heterocycles. The molecule has 1 heterocycles. The van der Waals surface area contributed by atoms with Crippen LogP contribution in [0.2, 0.25) is 0 Å². The van der Waals surface area contributed by atoms with Crippen LogP contribution in [-0.4, -0.2) is 17.4 Å². The number of benzene rings is 1. The van der Waals surface area contributed by atoms with Crippen LogP contribution in [0.4, 0.5) is 11.5 Å². The number of aromatic nitrogens is 1. The number of hydrogen-bond donors (Lipinski definition) is 2. The lowest BCUT2D eigenvalue weighted by Gasteiger charge is -2.07. The van der Waals surface area contributed by atoms with Crippen LogP contribution >= 0.6 is 15.9 Å². The van der Waals surface area contributed by atoms with Gasteiger partial charge < -0.3 is 10.6 Å². The van der Waals surface area contributed by atoms with E-state index in [4.69, 9.17) is 0 Å². The molecule has 0 spiro atoms. The molecule has 0 radical (unpaired) electrons. The number of halogens is 1. The van der Waals surface area contributed by atoms with Crippen LogP contribution in [0.25, 0.3) is 0 Å². The van der Waals surface area contributed by atoms with Gasteiger partial charge in [-0.3, -0.25) is 4.79 Å². The van der Waals surface area contributed by atoms with Gasteiger partial charge in [-0.1, -0.05) is 0 Å². The lowest BCUT2D eigenvalue weighted by atomic mass is 10.2. The topological polar surface area (TPSA) is 54.0 Å². The molecule has 2 aromatic rings. The summed E-state index contributed by atoms with van der Waals surface area (Å²) in [5.74, 6) is 0.383. The van der Waals surface area contributed by atoms with Gasteiger partial charge in [0.05, 0.1) is 0 Å². The zero-order valence-electron chi connectivity index (χ0n) is 11.4. The zero-order valence-corrected chi connectivity index (χ0v) is 13.0. The number of carbonyl (C=O) groups excluding carboxylic acids is 1. The SMILES string of the molecule is CCNc1ccc(C(=O)Nc2cc(C)c(Br)cn2)cc1. The molecule has 5 heteroatoms. The molecule has 1 amide bonds. The molecule has 1 aromatic heterocycles. The summed E-state index contributed by atoms with van der Waals surface area (Å²) in [6, 6.07) is 9.18. The van der Waals surface area contributed by atoms with Gasteiger partial charge in [-0.05, 0) is 65.7 Å². The van der Waals surface area contributed by atoms with Crippen molar-refractivity contribution in [3.8, 4) is 0 Å². The van der Waals surface area contributed by atoms with Crippen molar-refractivity contribution >= 4 is 33.3 Å². The van der Waals surface area contributed by atoms with Crippen LogP contribution in [0.3, 0.4) is 0 Å². The first kappa shape index (κ1) is 14.5. The predicted molar refractivity (Wildman–Crippen MR) is 85.2 cm³/mol. The van der Waals surface area contributed by atoms with Crippen molar-refractivity contribution in [3.05, 3.63) is 52.1 Å².